The van der Waals surface area contributed by atoms with Crippen LogP contribution in [0.4, 0.5) is 13.2 Å². The van der Waals surface area contributed by atoms with Gasteiger partial charge in [-0.15, -0.1) is 0 Å². The van der Waals surface area contributed by atoms with Crippen LogP contribution in [0, 0.1) is 11.8 Å². The lowest BCUT2D eigenvalue weighted by atomic mass is 9.81. The van der Waals surface area contributed by atoms with Crippen molar-refractivity contribution in [2.75, 3.05) is 0 Å². The van der Waals surface area contributed by atoms with Crippen LogP contribution in [0.2, 0.25) is 0 Å². The van der Waals surface area contributed by atoms with Crippen LogP contribution in [0.1, 0.15) is 57.8 Å². The summed E-state index contributed by atoms with van der Waals surface area (Å²) in [5.41, 5.74) is 6.07. The Labute approximate surface area is 123 Å². The van der Waals surface area contributed by atoms with E-state index in [0.29, 0.717) is 12.8 Å². The van der Waals surface area contributed by atoms with Gasteiger partial charge in [-0.3, -0.25) is 4.79 Å². The predicted molar refractivity (Wildman–Crippen MR) is 74.5 cm³/mol. The second-order valence-corrected chi connectivity index (χ2v) is 6.51. The van der Waals surface area contributed by atoms with Crippen LogP contribution in [0.3, 0.4) is 0 Å². The molecule has 6 heteroatoms. The van der Waals surface area contributed by atoms with Gasteiger partial charge in [0.05, 0.1) is 5.92 Å². The van der Waals surface area contributed by atoms with Crippen LogP contribution in [0.25, 0.3) is 0 Å². The van der Waals surface area contributed by atoms with Gasteiger partial charge in [0.2, 0.25) is 5.91 Å². The van der Waals surface area contributed by atoms with Crippen molar-refractivity contribution in [1.29, 1.82) is 0 Å². The summed E-state index contributed by atoms with van der Waals surface area (Å²) in [5, 5.41) is 2.99. The summed E-state index contributed by atoms with van der Waals surface area (Å²) < 4.78 is 37.9. The molecule has 3 nitrogen and oxygen atoms in total. The number of hydrogen-bond acceptors (Lipinski definition) is 2. The molecule has 2 fully saturated rings. The monoisotopic (exact) mass is 306 g/mol. The number of nitrogens with two attached hydrogens (primary N) is 1. The summed E-state index contributed by atoms with van der Waals surface area (Å²) in [7, 11) is 0. The summed E-state index contributed by atoms with van der Waals surface area (Å²) in [6.07, 6.45) is 1.74. The van der Waals surface area contributed by atoms with Crippen molar-refractivity contribution in [3.8, 4) is 0 Å². The number of halogens is 3. The summed E-state index contributed by atoms with van der Waals surface area (Å²) in [4.78, 5) is 12.2. The molecule has 2 unspecified atom stereocenters. The van der Waals surface area contributed by atoms with Crippen LogP contribution in [-0.2, 0) is 4.79 Å². The van der Waals surface area contributed by atoms with E-state index in [9.17, 15) is 18.0 Å². The third kappa shape index (κ3) is 4.59. The number of amides is 1. The molecule has 3 N–H and O–H groups in total. The minimum Gasteiger partial charge on any atom is -0.352 e. The number of carbonyl (C=O) groups is 1. The fourth-order valence-corrected chi connectivity index (χ4v) is 3.50. The molecule has 0 radical (unpaired) electrons. The minimum atomic E-state index is -4.12. The maximum absolute atomic E-state index is 12.6. The molecular formula is C15H25F3N2O. The molecule has 0 aromatic rings. The molecule has 0 bridgehead atoms. The Balaban J connectivity index is 1.81. The second-order valence-electron chi connectivity index (χ2n) is 6.51. The van der Waals surface area contributed by atoms with Gasteiger partial charge in [-0.25, -0.2) is 0 Å². The van der Waals surface area contributed by atoms with Crippen molar-refractivity contribution in [3.05, 3.63) is 0 Å². The van der Waals surface area contributed by atoms with E-state index < -0.39 is 12.1 Å². The normalized spacial score (nSPS) is 35.0. The summed E-state index contributed by atoms with van der Waals surface area (Å²) in [5.74, 6) is -1.61. The molecule has 122 valence electrons. The first-order valence-electron chi connectivity index (χ1n) is 8.00. The zero-order valence-corrected chi connectivity index (χ0v) is 12.3. The highest BCUT2D eigenvalue weighted by Crippen LogP contribution is 2.39. The molecule has 2 saturated carbocycles. The van der Waals surface area contributed by atoms with E-state index in [1.807, 2.05) is 0 Å². The molecule has 2 aliphatic carbocycles. The van der Waals surface area contributed by atoms with Crippen molar-refractivity contribution in [3.63, 3.8) is 0 Å². The zero-order chi connectivity index (χ0) is 15.5. The van der Waals surface area contributed by atoms with E-state index in [1.54, 1.807) is 0 Å². The maximum Gasteiger partial charge on any atom is 0.391 e. The smallest absolute Gasteiger partial charge is 0.352 e. The zero-order valence-electron chi connectivity index (χ0n) is 12.3. The third-order valence-electron chi connectivity index (χ3n) is 4.96. The Morgan fingerprint density at radius 3 is 2.19 bits per heavy atom. The SMILES string of the molecule is NC1CCCCCC1NC(=O)C1CCC(C(F)(F)F)CC1. The minimum absolute atomic E-state index is 0.0136. The van der Waals surface area contributed by atoms with Crippen LogP contribution in [-0.4, -0.2) is 24.2 Å². The molecule has 21 heavy (non-hydrogen) atoms. The van der Waals surface area contributed by atoms with Crippen molar-refractivity contribution in [1.82, 2.24) is 5.32 Å². The first kappa shape index (κ1) is 16.6. The molecule has 2 atom stereocenters. The third-order valence-corrected chi connectivity index (χ3v) is 4.96. The Morgan fingerprint density at radius 2 is 1.57 bits per heavy atom. The Hall–Kier alpha value is -0.780. The Morgan fingerprint density at radius 1 is 0.952 bits per heavy atom. The van der Waals surface area contributed by atoms with Crippen molar-refractivity contribution in [2.24, 2.45) is 17.6 Å². The first-order valence-corrected chi connectivity index (χ1v) is 8.00. The number of hydrogen-bond donors (Lipinski definition) is 2. The topological polar surface area (TPSA) is 55.1 Å². The lowest BCUT2D eigenvalue weighted by molar-refractivity contribution is -0.184. The molecule has 2 aliphatic rings. The van der Waals surface area contributed by atoms with Gasteiger partial charge in [0, 0.05) is 18.0 Å². The molecule has 0 aliphatic heterocycles. The van der Waals surface area contributed by atoms with Gasteiger partial charge in [0.1, 0.15) is 0 Å². The van der Waals surface area contributed by atoms with Crippen molar-refractivity contribution in [2.45, 2.75) is 76.0 Å². The number of carbonyl (C=O) groups excluding carboxylic acids is 1. The standard InChI is InChI=1S/C15H25F3N2O/c16-15(17,18)11-8-6-10(7-9-11)14(21)20-13-5-3-1-2-4-12(13)19/h10-13H,1-9,19H2,(H,20,21). The van der Waals surface area contributed by atoms with Crippen molar-refractivity contribution >= 4 is 5.91 Å². The summed E-state index contributed by atoms with van der Waals surface area (Å²) in [6, 6.07) is -0.0386. The molecule has 0 saturated heterocycles. The fraction of sp³-hybridized carbons (Fsp3) is 0.933. The van der Waals surface area contributed by atoms with Crippen molar-refractivity contribution < 1.29 is 18.0 Å². The van der Waals surface area contributed by atoms with Crippen LogP contribution in [0.5, 0.6) is 0 Å². The summed E-state index contributed by atoms with van der Waals surface area (Å²) in [6.45, 7) is 0. The maximum atomic E-state index is 12.6. The van der Waals surface area contributed by atoms with E-state index in [0.717, 1.165) is 32.1 Å². The number of alkyl halides is 3. The van der Waals surface area contributed by atoms with Crippen LogP contribution >= 0.6 is 0 Å². The second kappa shape index (κ2) is 6.99. The van der Waals surface area contributed by atoms with Gasteiger partial charge in [-0.05, 0) is 38.5 Å². The summed E-state index contributed by atoms with van der Waals surface area (Å²) >= 11 is 0. The predicted octanol–water partition coefficient (Wildman–Crippen LogP) is 3.13. The van der Waals surface area contributed by atoms with Gasteiger partial charge in [0.25, 0.3) is 0 Å². The fourth-order valence-electron chi connectivity index (χ4n) is 3.50. The average molecular weight is 306 g/mol. The molecule has 0 aromatic heterocycles. The largest absolute Gasteiger partial charge is 0.391 e. The lowest BCUT2D eigenvalue weighted by Crippen LogP contribution is -2.49. The van der Waals surface area contributed by atoms with E-state index in [4.69, 9.17) is 5.73 Å². The molecular weight excluding hydrogens is 281 g/mol. The van der Waals surface area contributed by atoms with E-state index in [-0.39, 0.29) is 36.8 Å². The van der Waals surface area contributed by atoms with Gasteiger partial charge in [-0.2, -0.15) is 13.2 Å². The molecule has 0 heterocycles. The van der Waals surface area contributed by atoms with Gasteiger partial charge in [-0.1, -0.05) is 19.3 Å². The highest BCUT2D eigenvalue weighted by Gasteiger charge is 2.42. The van der Waals surface area contributed by atoms with Crippen LogP contribution < -0.4 is 11.1 Å². The van der Waals surface area contributed by atoms with Gasteiger partial charge in [0.15, 0.2) is 0 Å². The molecule has 1 amide bonds. The highest BCUT2D eigenvalue weighted by atomic mass is 19.4. The van der Waals surface area contributed by atoms with E-state index >= 15 is 0 Å². The van der Waals surface area contributed by atoms with E-state index in [2.05, 4.69) is 5.32 Å². The van der Waals surface area contributed by atoms with E-state index in [1.165, 1.54) is 0 Å². The lowest BCUT2D eigenvalue weighted by Gasteiger charge is -2.31. The van der Waals surface area contributed by atoms with Gasteiger partial charge >= 0.3 is 6.18 Å². The number of nitrogens with one attached hydrogen (secondary N) is 1. The Kier molecular flexibility index (Phi) is 5.52. The first-order chi connectivity index (χ1) is 9.88. The molecule has 2 rings (SSSR count). The van der Waals surface area contributed by atoms with Crippen LogP contribution in [0.15, 0.2) is 0 Å². The molecule has 0 aromatic carbocycles. The Bertz CT molecular complexity index is 351. The molecule has 0 spiro atoms. The average Bonchev–Trinajstić information content (AvgIpc) is 2.63. The highest BCUT2D eigenvalue weighted by molar-refractivity contribution is 5.79. The quantitative estimate of drug-likeness (QED) is 0.770. The number of rotatable bonds is 2. The van der Waals surface area contributed by atoms with Gasteiger partial charge < -0.3 is 11.1 Å².